The van der Waals surface area contributed by atoms with Gasteiger partial charge in [-0.15, -0.1) is 0 Å². The van der Waals surface area contributed by atoms with Gasteiger partial charge in [0.05, 0.1) is 11.8 Å². The lowest BCUT2D eigenvalue weighted by molar-refractivity contribution is 0.517. The number of unbranched alkanes of at least 4 members (excludes halogenated alkanes) is 4. The van der Waals surface area contributed by atoms with E-state index in [1.807, 2.05) is 6.92 Å². The third-order valence-corrected chi connectivity index (χ3v) is 3.31. The lowest BCUT2D eigenvalue weighted by Gasteiger charge is -2.24. The molecule has 0 aliphatic carbocycles. The molecule has 2 nitrogen and oxygen atoms in total. The Morgan fingerprint density at radius 1 is 1.21 bits per heavy atom. The Kier molecular flexibility index (Phi) is 6.35. The third kappa shape index (κ3) is 5.30. The van der Waals surface area contributed by atoms with Gasteiger partial charge in [-0.1, -0.05) is 51.2 Å². The first kappa shape index (κ1) is 15.5. The number of hydrogen-bond donors (Lipinski definition) is 1. The summed E-state index contributed by atoms with van der Waals surface area (Å²) in [7, 11) is 0. The van der Waals surface area contributed by atoms with Crippen LogP contribution in [-0.4, -0.2) is 5.54 Å². The molecule has 0 fully saturated rings. The molecule has 104 valence electrons. The largest absolute Gasteiger partial charge is 0.365 e. The van der Waals surface area contributed by atoms with E-state index in [2.05, 4.69) is 18.3 Å². The van der Waals surface area contributed by atoms with Crippen LogP contribution in [0.5, 0.6) is 0 Å². The fraction of sp³-hybridized carbons (Fsp3) is 0.562. The standard InChI is InChI=1S/C16H23FN2/c1-3-4-5-6-9-12-16(2,13-18)19-15-11-8-7-10-14(15)17/h7-8,10-11,19H,3-6,9,12H2,1-2H3. The summed E-state index contributed by atoms with van der Waals surface area (Å²) in [5.74, 6) is -0.310. The van der Waals surface area contributed by atoms with Crippen molar-refractivity contribution < 1.29 is 4.39 Å². The number of halogens is 1. The van der Waals surface area contributed by atoms with E-state index in [0.29, 0.717) is 5.69 Å². The van der Waals surface area contributed by atoms with E-state index < -0.39 is 5.54 Å². The molecule has 1 unspecified atom stereocenters. The second kappa shape index (κ2) is 7.78. The van der Waals surface area contributed by atoms with Crippen molar-refractivity contribution in [2.24, 2.45) is 0 Å². The molecule has 19 heavy (non-hydrogen) atoms. The zero-order chi connectivity index (χ0) is 14.1. The summed E-state index contributed by atoms with van der Waals surface area (Å²) in [6.45, 7) is 4.01. The minimum atomic E-state index is -0.700. The quantitative estimate of drug-likeness (QED) is 0.678. The van der Waals surface area contributed by atoms with Gasteiger partial charge in [-0.05, 0) is 25.5 Å². The fourth-order valence-corrected chi connectivity index (χ4v) is 2.09. The molecule has 0 radical (unpaired) electrons. The Balaban J connectivity index is 2.51. The van der Waals surface area contributed by atoms with Gasteiger partial charge in [0.1, 0.15) is 11.4 Å². The van der Waals surface area contributed by atoms with E-state index in [1.54, 1.807) is 18.2 Å². The Labute approximate surface area is 115 Å². The molecule has 0 saturated heterocycles. The van der Waals surface area contributed by atoms with Gasteiger partial charge in [0, 0.05) is 0 Å². The molecular formula is C16H23FN2. The second-order valence-corrected chi connectivity index (χ2v) is 5.21. The van der Waals surface area contributed by atoms with Crippen molar-refractivity contribution in [2.75, 3.05) is 5.32 Å². The molecule has 0 heterocycles. The van der Waals surface area contributed by atoms with Crippen LogP contribution in [0.1, 0.15) is 52.4 Å². The Morgan fingerprint density at radius 2 is 1.89 bits per heavy atom. The van der Waals surface area contributed by atoms with Crippen molar-refractivity contribution in [2.45, 2.75) is 57.9 Å². The topological polar surface area (TPSA) is 35.8 Å². The number of anilines is 1. The maximum Gasteiger partial charge on any atom is 0.146 e. The van der Waals surface area contributed by atoms with E-state index in [-0.39, 0.29) is 5.82 Å². The van der Waals surface area contributed by atoms with Crippen molar-refractivity contribution in [1.82, 2.24) is 0 Å². The van der Waals surface area contributed by atoms with Crippen LogP contribution in [0.4, 0.5) is 10.1 Å². The maximum atomic E-state index is 13.6. The zero-order valence-corrected chi connectivity index (χ0v) is 11.9. The Morgan fingerprint density at radius 3 is 2.53 bits per heavy atom. The number of rotatable bonds is 8. The molecule has 1 N–H and O–H groups in total. The Bertz CT molecular complexity index is 425. The first-order valence-electron chi connectivity index (χ1n) is 7.05. The number of hydrogen-bond acceptors (Lipinski definition) is 2. The molecule has 1 atom stereocenters. The van der Waals surface area contributed by atoms with Gasteiger partial charge in [0.15, 0.2) is 0 Å². The summed E-state index contributed by atoms with van der Waals surface area (Å²) >= 11 is 0. The number of benzene rings is 1. The SMILES string of the molecule is CCCCCCCC(C)(C#N)Nc1ccccc1F. The van der Waals surface area contributed by atoms with Gasteiger partial charge in [-0.3, -0.25) is 0 Å². The van der Waals surface area contributed by atoms with Crippen LogP contribution in [0.15, 0.2) is 24.3 Å². The summed E-state index contributed by atoms with van der Waals surface area (Å²) in [5, 5.41) is 12.3. The predicted octanol–water partition coefficient (Wildman–Crippen LogP) is 4.88. The van der Waals surface area contributed by atoms with Crippen LogP contribution in [0, 0.1) is 17.1 Å². The van der Waals surface area contributed by atoms with Gasteiger partial charge in [-0.2, -0.15) is 5.26 Å². The number of nitriles is 1. The van der Waals surface area contributed by atoms with Gasteiger partial charge >= 0.3 is 0 Å². The molecule has 0 amide bonds. The second-order valence-electron chi connectivity index (χ2n) is 5.21. The van der Waals surface area contributed by atoms with Crippen LogP contribution in [-0.2, 0) is 0 Å². The van der Waals surface area contributed by atoms with Gasteiger partial charge in [0.25, 0.3) is 0 Å². The van der Waals surface area contributed by atoms with E-state index in [9.17, 15) is 9.65 Å². The highest BCUT2D eigenvalue weighted by Crippen LogP contribution is 2.23. The summed E-state index contributed by atoms with van der Waals surface area (Å²) in [4.78, 5) is 0. The van der Waals surface area contributed by atoms with Gasteiger partial charge in [0.2, 0.25) is 0 Å². The molecule has 1 aromatic rings. The molecule has 1 aromatic carbocycles. The molecule has 0 bridgehead atoms. The zero-order valence-electron chi connectivity index (χ0n) is 11.9. The molecule has 1 rings (SSSR count). The monoisotopic (exact) mass is 262 g/mol. The molecular weight excluding hydrogens is 239 g/mol. The first-order chi connectivity index (χ1) is 9.11. The first-order valence-corrected chi connectivity index (χ1v) is 7.05. The highest BCUT2D eigenvalue weighted by molar-refractivity contribution is 5.48. The number of nitrogens with zero attached hydrogens (tertiary/aromatic N) is 1. The minimum absolute atomic E-state index is 0.310. The van der Waals surface area contributed by atoms with Crippen molar-refractivity contribution in [3.63, 3.8) is 0 Å². The van der Waals surface area contributed by atoms with Crippen molar-refractivity contribution in [3.8, 4) is 6.07 Å². The van der Waals surface area contributed by atoms with Gasteiger partial charge in [-0.25, -0.2) is 4.39 Å². The van der Waals surface area contributed by atoms with Crippen molar-refractivity contribution in [1.29, 1.82) is 5.26 Å². The molecule has 3 heteroatoms. The molecule has 0 saturated carbocycles. The summed E-state index contributed by atoms with van der Waals surface area (Å²) in [6.07, 6.45) is 6.52. The molecule has 0 spiro atoms. The van der Waals surface area contributed by atoms with E-state index in [0.717, 1.165) is 19.3 Å². The smallest absolute Gasteiger partial charge is 0.146 e. The summed E-state index contributed by atoms with van der Waals surface area (Å²) in [6, 6.07) is 8.76. The minimum Gasteiger partial charge on any atom is -0.365 e. The normalized spacial score (nSPS) is 13.6. The lowest BCUT2D eigenvalue weighted by Crippen LogP contribution is -2.33. The maximum absolute atomic E-state index is 13.6. The summed E-state index contributed by atoms with van der Waals surface area (Å²) in [5.41, 5.74) is -0.297. The van der Waals surface area contributed by atoms with Gasteiger partial charge < -0.3 is 5.32 Å². The van der Waals surface area contributed by atoms with E-state index >= 15 is 0 Å². The predicted molar refractivity (Wildman–Crippen MR) is 77.4 cm³/mol. The van der Waals surface area contributed by atoms with Crippen LogP contribution < -0.4 is 5.32 Å². The number of para-hydroxylation sites is 1. The highest BCUT2D eigenvalue weighted by atomic mass is 19.1. The Hall–Kier alpha value is -1.56. The van der Waals surface area contributed by atoms with E-state index in [1.165, 1.54) is 25.3 Å². The van der Waals surface area contributed by atoms with Crippen LogP contribution in [0.25, 0.3) is 0 Å². The average molecular weight is 262 g/mol. The third-order valence-electron chi connectivity index (χ3n) is 3.31. The lowest BCUT2D eigenvalue weighted by atomic mass is 9.95. The number of nitrogens with one attached hydrogen (secondary N) is 1. The molecule has 0 aliphatic heterocycles. The van der Waals surface area contributed by atoms with Crippen LogP contribution in [0.3, 0.4) is 0 Å². The van der Waals surface area contributed by atoms with Crippen molar-refractivity contribution >= 4 is 5.69 Å². The van der Waals surface area contributed by atoms with Crippen LogP contribution >= 0.6 is 0 Å². The summed E-state index contributed by atoms with van der Waals surface area (Å²) < 4.78 is 13.6. The van der Waals surface area contributed by atoms with Crippen molar-refractivity contribution in [3.05, 3.63) is 30.1 Å². The fourth-order valence-electron chi connectivity index (χ4n) is 2.09. The highest BCUT2D eigenvalue weighted by Gasteiger charge is 2.23. The van der Waals surface area contributed by atoms with E-state index in [4.69, 9.17) is 0 Å². The average Bonchev–Trinajstić information content (AvgIpc) is 2.41. The molecule has 0 aromatic heterocycles. The molecule has 0 aliphatic rings. The van der Waals surface area contributed by atoms with Crippen LogP contribution in [0.2, 0.25) is 0 Å².